The first-order valence-corrected chi connectivity index (χ1v) is 11.0. The van der Waals surface area contributed by atoms with Gasteiger partial charge >= 0.3 is 0 Å². The van der Waals surface area contributed by atoms with E-state index in [4.69, 9.17) is 21.1 Å². The third kappa shape index (κ3) is 4.34. The van der Waals surface area contributed by atoms with E-state index in [1.165, 1.54) is 35.6 Å². The molecule has 0 aliphatic heterocycles. The van der Waals surface area contributed by atoms with Gasteiger partial charge in [-0.1, -0.05) is 22.9 Å². The van der Waals surface area contributed by atoms with Gasteiger partial charge in [0.05, 0.1) is 35.6 Å². The first-order chi connectivity index (χ1) is 15.4. The molecule has 4 rings (SSSR count). The van der Waals surface area contributed by atoms with Gasteiger partial charge in [-0.2, -0.15) is 15.2 Å². The molecule has 1 unspecified atom stereocenters. The number of rotatable bonds is 8. The highest BCUT2D eigenvalue weighted by molar-refractivity contribution is 7.18. The number of pyridine rings is 2. The van der Waals surface area contributed by atoms with E-state index in [0.29, 0.717) is 22.3 Å². The molecule has 4 heterocycles. The summed E-state index contributed by atoms with van der Waals surface area (Å²) in [4.78, 5) is 28.7. The molecule has 4 aromatic rings. The normalized spacial score (nSPS) is 12.3. The summed E-state index contributed by atoms with van der Waals surface area (Å²) in [7, 11) is 3.13. The Morgan fingerprint density at radius 1 is 1.19 bits per heavy atom. The van der Waals surface area contributed by atoms with Gasteiger partial charge in [0, 0.05) is 37.3 Å². The van der Waals surface area contributed by atoms with Crippen LogP contribution in [-0.2, 0) is 22.4 Å². The number of carbonyl (C=O) groups is 1. The van der Waals surface area contributed by atoms with Crippen LogP contribution in [0, 0.1) is 6.92 Å². The molecule has 0 aliphatic rings. The largest absolute Gasteiger partial charge is 0.481 e. The van der Waals surface area contributed by atoms with Crippen LogP contribution in [0.25, 0.3) is 16.2 Å². The fraction of sp³-hybridized carbons (Fsp3) is 0.333. The van der Waals surface area contributed by atoms with Crippen molar-refractivity contribution in [2.45, 2.75) is 32.8 Å². The van der Waals surface area contributed by atoms with Gasteiger partial charge in [-0.25, -0.2) is 9.97 Å². The van der Waals surface area contributed by atoms with E-state index in [9.17, 15) is 4.79 Å². The van der Waals surface area contributed by atoms with Crippen molar-refractivity contribution in [3.8, 4) is 11.7 Å². The van der Waals surface area contributed by atoms with Crippen LogP contribution in [0.2, 0.25) is 5.02 Å². The highest BCUT2D eigenvalue weighted by Gasteiger charge is 2.21. The molecule has 0 aromatic carbocycles. The van der Waals surface area contributed by atoms with Gasteiger partial charge in [0.15, 0.2) is 5.82 Å². The van der Waals surface area contributed by atoms with Crippen molar-refractivity contribution in [3.63, 3.8) is 0 Å². The zero-order valence-electron chi connectivity index (χ0n) is 18.0. The van der Waals surface area contributed by atoms with E-state index >= 15 is 0 Å². The molecule has 11 heteroatoms. The Kier molecular flexibility index (Phi) is 6.45. The fourth-order valence-corrected chi connectivity index (χ4v) is 4.53. The minimum Gasteiger partial charge on any atom is -0.481 e. The summed E-state index contributed by atoms with van der Waals surface area (Å²) in [6, 6.07) is 1.66. The molecule has 0 N–H and O–H groups in total. The van der Waals surface area contributed by atoms with E-state index in [-0.39, 0.29) is 24.7 Å². The van der Waals surface area contributed by atoms with Gasteiger partial charge in [-0.05, 0) is 25.5 Å². The second-order valence-electron chi connectivity index (χ2n) is 7.13. The molecule has 0 bridgehead atoms. The Morgan fingerprint density at radius 3 is 2.59 bits per heavy atom. The van der Waals surface area contributed by atoms with Crippen LogP contribution in [-0.4, -0.2) is 49.9 Å². The molecule has 4 aromatic heterocycles. The van der Waals surface area contributed by atoms with Crippen molar-refractivity contribution < 1.29 is 14.3 Å². The number of carbonyl (C=O) groups excluding carboxylic acids is 1. The third-order valence-corrected chi connectivity index (χ3v) is 6.15. The molecule has 0 saturated heterocycles. The van der Waals surface area contributed by atoms with Crippen molar-refractivity contribution in [2.24, 2.45) is 0 Å². The van der Waals surface area contributed by atoms with Crippen LogP contribution in [0.5, 0.6) is 5.88 Å². The summed E-state index contributed by atoms with van der Waals surface area (Å²) in [6.45, 7) is 3.87. The van der Waals surface area contributed by atoms with Crippen LogP contribution >= 0.6 is 22.9 Å². The smallest absolute Gasteiger partial charge is 0.218 e. The van der Waals surface area contributed by atoms with Crippen LogP contribution in [0.3, 0.4) is 0 Å². The van der Waals surface area contributed by atoms with Gasteiger partial charge in [0.1, 0.15) is 16.1 Å². The number of ether oxygens (including phenoxy) is 2. The summed E-state index contributed by atoms with van der Waals surface area (Å²) in [5.74, 6) is 0.586. The van der Waals surface area contributed by atoms with Gasteiger partial charge in [-0.15, -0.1) is 4.80 Å². The summed E-state index contributed by atoms with van der Waals surface area (Å²) < 4.78 is 11.0. The lowest BCUT2D eigenvalue weighted by Crippen LogP contribution is -2.13. The molecule has 32 heavy (non-hydrogen) atoms. The number of ketones is 1. The molecule has 0 aliphatic carbocycles. The van der Waals surface area contributed by atoms with Gasteiger partial charge in [-0.3, -0.25) is 4.79 Å². The minimum absolute atomic E-state index is 0.0382. The fourth-order valence-electron chi connectivity index (χ4n) is 3.51. The van der Waals surface area contributed by atoms with Crippen LogP contribution in [0.1, 0.15) is 34.7 Å². The maximum absolute atomic E-state index is 13.0. The van der Waals surface area contributed by atoms with Crippen molar-refractivity contribution >= 4 is 39.1 Å². The number of fused-ring (bicyclic) bond motifs is 1. The third-order valence-electron chi connectivity index (χ3n) is 4.99. The lowest BCUT2D eigenvalue weighted by Gasteiger charge is -2.15. The van der Waals surface area contributed by atoms with Gasteiger partial charge < -0.3 is 9.47 Å². The Morgan fingerprint density at radius 2 is 1.91 bits per heavy atom. The summed E-state index contributed by atoms with van der Waals surface area (Å²) in [5, 5.41) is 9.32. The second kappa shape index (κ2) is 9.27. The van der Waals surface area contributed by atoms with Crippen molar-refractivity contribution in [3.05, 3.63) is 51.4 Å². The van der Waals surface area contributed by atoms with E-state index < -0.39 is 0 Å². The molecule has 166 valence electrons. The van der Waals surface area contributed by atoms with E-state index in [1.807, 2.05) is 13.8 Å². The first-order valence-electron chi connectivity index (χ1n) is 9.80. The Labute approximate surface area is 193 Å². The number of hydrogen-bond donors (Lipinski definition) is 0. The molecule has 0 fully saturated rings. The zero-order valence-corrected chi connectivity index (χ0v) is 19.6. The van der Waals surface area contributed by atoms with Crippen LogP contribution in [0.15, 0.2) is 24.7 Å². The number of nitrogens with zero attached hydrogens (tertiary/aromatic N) is 6. The lowest BCUT2D eigenvalue weighted by molar-refractivity contribution is -0.117. The quantitative estimate of drug-likeness (QED) is 0.382. The molecule has 0 spiro atoms. The first kappa shape index (κ1) is 22.3. The van der Waals surface area contributed by atoms with E-state index in [1.54, 1.807) is 19.4 Å². The highest BCUT2D eigenvalue weighted by atomic mass is 35.5. The minimum atomic E-state index is -0.226. The number of halogens is 1. The molecular weight excluding hydrogens is 452 g/mol. The predicted octanol–water partition coefficient (Wildman–Crippen LogP) is 3.70. The molecule has 0 amide bonds. The molecule has 9 nitrogen and oxygen atoms in total. The number of hydrogen-bond acceptors (Lipinski definition) is 9. The Balaban J connectivity index is 1.63. The summed E-state index contributed by atoms with van der Waals surface area (Å²) in [5.41, 5.74) is 3.04. The summed E-state index contributed by atoms with van der Waals surface area (Å²) in [6.07, 6.45) is 4.82. The average Bonchev–Trinajstić information content (AvgIpc) is 3.42. The monoisotopic (exact) mass is 472 g/mol. The maximum atomic E-state index is 13.0. The average molecular weight is 473 g/mol. The molecule has 0 saturated carbocycles. The number of aryl methyl sites for hydroxylation is 1. The Bertz CT molecular complexity index is 1270. The van der Waals surface area contributed by atoms with Gasteiger partial charge in [0.2, 0.25) is 5.88 Å². The van der Waals surface area contributed by atoms with Crippen molar-refractivity contribution in [1.82, 2.24) is 29.9 Å². The van der Waals surface area contributed by atoms with E-state index in [0.717, 1.165) is 26.5 Å². The molecule has 0 radical (unpaired) electrons. The van der Waals surface area contributed by atoms with Crippen LogP contribution < -0.4 is 4.74 Å². The lowest BCUT2D eigenvalue weighted by atomic mass is 9.97. The molecular formula is C21H21ClN6O3S. The topological polar surface area (TPSA) is 105 Å². The Hall–Kier alpha value is -2.95. The van der Waals surface area contributed by atoms with Gasteiger partial charge in [0.25, 0.3) is 0 Å². The van der Waals surface area contributed by atoms with E-state index in [2.05, 4.69) is 25.1 Å². The summed E-state index contributed by atoms with van der Waals surface area (Å²) >= 11 is 7.90. The predicted molar refractivity (Wildman–Crippen MR) is 121 cm³/mol. The SMILES string of the molecule is COc1nc(-n2nccn2)c(Cl)cc1CC(=O)Cc1cnc2sc(C)nc2c1C(C)OC. The number of methoxy groups -OCH3 is 2. The second-order valence-corrected chi connectivity index (χ2v) is 8.72. The number of thiazole rings is 1. The molecule has 1 atom stereocenters. The van der Waals surface area contributed by atoms with Crippen molar-refractivity contribution in [1.29, 1.82) is 0 Å². The van der Waals surface area contributed by atoms with Crippen LogP contribution in [0.4, 0.5) is 0 Å². The maximum Gasteiger partial charge on any atom is 0.218 e. The number of aromatic nitrogens is 6. The highest BCUT2D eigenvalue weighted by Crippen LogP contribution is 2.32. The standard InChI is InChI=1S/C21H21ClN6O3S/c1-11(30-3)17-14(10-23-21-18(17)26-12(2)32-21)8-15(29)7-13-9-16(22)19(27-20(13)31-4)28-24-5-6-25-28/h5-6,9-11H,7-8H2,1-4H3. The zero-order chi connectivity index (χ0) is 22.8. The number of Topliss-reactive ketones (excluding diaryl/α,β-unsaturated/α-hetero) is 1. The van der Waals surface area contributed by atoms with Crippen molar-refractivity contribution in [2.75, 3.05) is 14.2 Å².